The molecular formula is C23H26N4O3S. The first-order valence-electron chi connectivity index (χ1n) is 11.1. The molecule has 1 aromatic heterocycles. The molecule has 2 aliphatic carbocycles. The molecule has 1 fully saturated rings. The van der Waals surface area contributed by atoms with Gasteiger partial charge in [0, 0.05) is 16.5 Å². The Labute approximate surface area is 185 Å². The molecule has 31 heavy (non-hydrogen) atoms. The van der Waals surface area contributed by atoms with Gasteiger partial charge >= 0.3 is 0 Å². The number of hydrogen-bond donors (Lipinski definition) is 2. The van der Waals surface area contributed by atoms with Crippen LogP contribution >= 0.6 is 11.3 Å². The van der Waals surface area contributed by atoms with Crippen molar-refractivity contribution in [2.75, 3.05) is 11.9 Å². The molecule has 0 spiro atoms. The van der Waals surface area contributed by atoms with Gasteiger partial charge in [0.2, 0.25) is 11.8 Å². The van der Waals surface area contributed by atoms with Crippen molar-refractivity contribution in [3.63, 3.8) is 0 Å². The molecule has 1 aromatic carbocycles. The van der Waals surface area contributed by atoms with Crippen LogP contribution in [0.5, 0.6) is 0 Å². The maximum atomic E-state index is 13.0. The molecule has 2 heterocycles. The molecule has 1 aliphatic heterocycles. The van der Waals surface area contributed by atoms with Crippen LogP contribution in [0.1, 0.15) is 71.1 Å². The molecule has 1 unspecified atom stereocenters. The van der Waals surface area contributed by atoms with Crippen LogP contribution in [0.4, 0.5) is 5.13 Å². The van der Waals surface area contributed by atoms with E-state index < -0.39 is 6.04 Å². The van der Waals surface area contributed by atoms with Gasteiger partial charge in [0.1, 0.15) is 6.04 Å². The zero-order valence-electron chi connectivity index (χ0n) is 17.4. The summed E-state index contributed by atoms with van der Waals surface area (Å²) in [6.45, 7) is -0.144. The average Bonchev–Trinajstić information content (AvgIpc) is 3.46. The predicted octanol–water partition coefficient (Wildman–Crippen LogP) is 3.22. The number of carbonyl (C=O) groups is 3. The number of carbonyl (C=O) groups excluding carboxylic acids is 3. The van der Waals surface area contributed by atoms with Crippen molar-refractivity contribution in [3.05, 3.63) is 46.0 Å². The lowest BCUT2D eigenvalue weighted by molar-refractivity contribution is -0.127. The average molecular weight is 439 g/mol. The lowest BCUT2D eigenvalue weighted by Crippen LogP contribution is -2.42. The van der Waals surface area contributed by atoms with Crippen molar-refractivity contribution in [1.82, 2.24) is 15.2 Å². The van der Waals surface area contributed by atoms with Gasteiger partial charge in [0.15, 0.2) is 5.13 Å². The van der Waals surface area contributed by atoms with E-state index in [1.54, 1.807) is 22.3 Å². The Bertz CT molecular complexity index is 1000. The zero-order chi connectivity index (χ0) is 21.4. The Kier molecular flexibility index (Phi) is 5.48. The zero-order valence-corrected chi connectivity index (χ0v) is 18.2. The van der Waals surface area contributed by atoms with E-state index in [0.29, 0.717) is 10.7 Å². The molecule has 7 nitrogen and oxygen atoms in total. The van der Waals surface area contributed by atoms with Gasteiger partial charge in [-0.2, -0.15) is 0 Å². The van der Waals surface area contributed by atoms with E-state index in [2.05, 4.69) is 15.6 Å². The molecule has 3 aliphatic rings. The first-order valence-corrected chi connectivity index (χ1v) is 11.9. The number of benzene rings is 1. The number of nitrogens with zero attached hydrogens (tertiary/aromatic N) is 2. The summed E-state index contributed by atoms with van der Waals surface area (Å²) < 4.78 is 0. The highest BCUT2D eigenvalue weighted by Crippen LogP contribution is 2.41. The standard InChI is InChI=1S/C23H26N4O3S/c28-19(26-23-25-17-9-3-1-2-4-10-18(17)31-23)13-24-21(29)20-15-7-5-6-8-16(15)22(30)27(20)14-11-12-14/h5-8,14,20H,1-4,9-13H2,(H,24,29)(H,25,26,28). The smallest absolute Gasteiger partial charge is 0.255 e. The SMILES string of the molecule is O=C(CNC(=O)C1c2ccccc2C(=O)N1C1CC1)Nc1nc2c(s1)CCCCCC2. The summed E-state index contributed by atoms with van der Waals surface area (Å²) >= 11 is 1.54. The van der Waals surface area contributed by atoms with Crippen molar-refractivity contribution in [1.29, 1.82) is 0 Å². The number of rotatable bonds is 5. The predicted molar refractivity (Wildman–Crippen MR) is 118 cm³/mol. The summed E-state index contributed by atoms with van der Waals surface area (Å²) in [5.41, 5.74) is 2.40. The molecule has 1 saturated carbocycles. The highest BCUT2D eigenvalue weighted by atomic mass is 32.1. The van der Waals surface area contributed by atoms with E-state index in [9.17, 15) is 14.4 Å². The normalized spacial score (nSPS) is 20.5. The molecule has 0 radical (unpaired) electrons. The van der Waals surface area contributed by atoms with Crippen LogP contribution in [0.2, 0.25) is 0 Å². The maximum absolute atomic E-state index is 13.0. The molecule has 0 bridgehead atoms. The molecular weight excluding hydrogens is 412 g/mol. The van der Waals surface area contributed by atoms with Crippen LogP contribution in [-0.4, -0.2) is 40.2 Å². The summed E-state index contributed by atoms with van der Waals surface area (Å²) in [7, 11) is 0. The minimum atomic E-state index is -0.663. The van der Waals surface area contributed by atoms with Crippen LogP contribution in [0.25, 0.3) is 0 Å². The van der Waals surface area contributed by atoms with E-state index in [4.69, 9.17) is 0 Å². The van der Waals surface area contributed by atoms with Crippen LogP contribution in [0, 0.1) is 0 Å². The molecule has 1 atom stereocenters. The third-order valence-electron chi connectivity index (χ3n) is 6.20. The lowest BCUT2D eigenvalue weighted by Gasteiger charge is -2.24. The van der Waals surface area contributed by atoms with Gasteiger partial charge in [-0.25, -0.2) is 4.98 Å². The van der Waals surface area contributed by atoms with Gasteiger partial charge in [0.25, 0.3) is 5.91 Å². The Morgan fingerprint density at radius 1 is 1.10 bits per heavy atom. The first kappa shape index (κ1) is 20.2. The third kappa shape index (κ3) is 4.08. The Hall–Kier alpha value is -2.74. The molecule has 2 N–H and O–H groups in total. The van der Waals surface area contributed by atoms with Gasteiger partial charge in [-0.15, -0.1) is 11.3 Å². The Balaban J connectivity index is 1.23. The van der Waals surface area contributed by atoms with Crippen molar-refractivity contribution in [2.24, 2.45) is 0 Å². The number of amides is 3. The Morgan fingerprint density at radius 3 is 2.68 bits per heavy atom. The molecule has 3 amide bonds. The molecule has 5 rings (SSSR count). The van der Waals surface area contributed by atoms with Crippen molar-refractivity contribution in [3.8, 4) is 0 Å². The van der Waals surface area contributed by atoms with E-state index in [1.807, 2.05) is 18.2 Å². The number of fused-ring (bicyclic) bond motifs is 2. The highest BCUT2D eigenvalue weighted by Gasteiger charge is 2.47. The maximum Gasteiger partial charge on any atom is 0.255 e. The van der Waals surface area contributed by atoms with Crippen LogP contribution in [0.3, 0.4) is 0 Å². The van der Waals surface area contributed by atoms with Gasteiger partial charge in [-0.05, 0) is 50.2 Å². The topological polar surface area (TPSA) is 91.4 Å². The number of hydrogen-bond acceptors (Lipinski definition) is 5. The summed E-state index contributed by atoms with van der Waals surface area (Å²) in [5, 5.41) is 6.17. The largest absolute Gasteiger partial charge is 0.345 e. The van der Waals surface area contributed by atoms with Crippen molar-refractivity contribution < 1.29 is 14.4 Å². The van der Waals surface area contributed by atoms with Crippen LogP contribution in [0.15, 0.2) is 24.3 Å². The lowest BCUT2D eigenvalue weighted by atomic mass is 10.0. The number of anilines is 1. The van der Waals surface area contributed by atoms with E-state index in [-0.39, 0.29) is 30.3 Å². The second-order valence-corrected chi connectivity index (χ2v) is 9.59. The second kappa shape index (κ2) is 8.42. The fraction of sp³-hybridized carbons (Fsp3) is 0.478. The fourth-order valence-corrected chi connectivity index (χ4v) is 5.59. The summed E-state index contributed by atoms with van der Waals surface area (Å²) in [6, 6.07) is 6.69. The van der Waals surface area contributed by atoms with E-state index in [0.717, 1.165) is 49.8 Å². The highest BCUT2D eigenvalue weighted by molar-refractivity contribution is 7.15. The molecule has 2 aromatic rings. The Morgan fingerprint density at radius 2 is 1.87 bits per heavy atom. The third-order valence-corrected chi connectivity index (χ3v) is 7.28. The number of aryl methyl sites for hydroxylation is 2. The number of thiazole rings is 1. The molecule has 0 saturated heterocycles. The van der Waals surface area contributed by atoms with Gasteiger partial charge in [0.05, 0.1) is 12.2 Å². The monoisotopic (exact) mass is 438 g/mol. The van der Waals surface area contributed by atoms with E-state index >= 15 is 0 Å². The van der Waals surface area contributed by atoms with Crippen LogP contribution in [-0.2, 0) is 22.4 Å². The minimum absolute atomic E-state index is 0.0945. The van der Waals surface area contributed by atoms with E-state index in [1.165, 1.54) is 17.7 Å². The summed E-state index contributed by atoms with van der Waals surface area (Å²) in [5.74, 6) is -0.708. The minimum Gasteiger partial charge on any atom is -0.345 e. The summed E-state index contributed by atoms with van der Waals surface area (Å²) in [4.78, 5) is 45.8. The van der Waals surface area contributed by atoms with Gasteiger partial charge in [-0.3, -0.25) is 14.4 Å². The molecule has 8 heteroatoms. The van der Waals surface area contributed by atoms with Crippen LogP contribution < -0.4 is 10.6 Å². The van der Waals surface area contributed by atoms with Crippen molar-refractivity contribution >= 4 is 34.2 Å². The quantitative estimate of drug-likeness (QED) is 0.750. The summed E-state index contributed by atoms with van der Waals surface area (Å²) in [6.07, 6.45) is 8.59. The number of aromatic nitrogens is 1. The van der Waals surface area contributed by atoms with Gasteiger partial charge < -0.3 is 15.5 Å². The fourth-order valence-electron chi connectivity index (χ4n) is 4.52. The first-order chi connectivity index (χ1) is 15.1. The molecule has 162 valence electrons. The van der Waals surface area contributed by atoms with Gasteiger partial charge in [-0.1, -0.05) is 31.0 Å². The second-order valence-electron chi connectivity index (χ2n) is 8.50. The number of nitrogens with one attached hydrogen (secondary N) is 2. The van der Waals surface area contributed by atoms with Crippen molar-refractivity contribution in [2.45, 2.75) is 63.5 Å².